The van der Waals surface area contributed by atoms with Gasteiger partial charge < -0.3 is 15.2 Å². The van der Waals surface area contributed by atoms with Gasteiger partial charge >= 0.3 is 0 Å². The number of benzene rings is 1. The standard InChI is InChI=1S/C12H11N3O3/c1-18-9-4-2-3-8(11(9)16)12(17)15-10-7-13-5-6-14-10/h2-7,16H,1H3,(H,14,15,17). The van der Waals surface area contributed by atoms with Crippen molar-refractivity contribution >= 4 is 11.7 Å². The van der Waals surface area contributed by atoms with Gasteiger partial charge in [0.15, 0.2) is 17.3 Å². The topological polar surface area (TPSA) is 84.3 Å². The van der Waals surface area contributed by atoms with Crippen LogP contribution in [0.15, 0.2) is 36.8 Å². The number of nitrogens with one attached hydrogen (secondary N) is 1. The second-order valence-electron chi connectivity index (χ2n) is 3.40. The number of methoxy groups -OCH3 is 1. The molecule has 18 heavy (non-hydrogen) atoms. The molecule has 6 nitrogen and oxygen atoms in total. The molecule has 92 valence electrons. The highest BCUT2D eigenvalue weighted by Crippen LogP contribution is 2.29. The molecule has 0 saturated heterocycles. The van der Waals surface area contributed by atoms with E-state index in [-0.39, 0.29) is 17.1 Å². The molecule has 1 aromatic heterocycles. The molecule has 0 aliphatic carbocycles. The number of para-hydroxylation sites is 1. The number of anilines is 1. The number of amides is 1. The first-order valence-electron chi connectivity index (χ1n) is 5.15. The van der Waals surface area contributed by atoms with Gasteiger partial charge in [-0.15, -0.1) is 0 Å². The maximum Gasteiger partial charge on any atom is 0.260 e. The summed E-state index contributed by atoms with van der Waals surface area (Å²) in [7, 11) is 1.42. The summed E-state index contributed by atoms with van der Waals surface area (Å²) in [4.78, 5) is 19.6. The molecule has 0 unspecified atom stereocenters. The predicted octanol–water partition coefficient (Wildman–Crippen LogP) is 1.44. The van der Waals surface area contributed by atoms with Crippen LogP contribution in [-0.2, 0) is 0 Å². The first-order chi connectivity index (χ1) is 8.72. The Bertz CT molecular complexity index is 558. The fraction of sp³-hybridized carbons (Fsp3) is 0.0833. The number of phenols is 1. The lowest BCUT2D eigenvalue weighted by Gasteiger charge is -2.08. The molecular formula is C12H11N3O3. The van der Waals surface area contributed by atoms with Crippen LogP contribution in [0.3, 0.4) is 0 Å². The van der Waals surface area contributed by atoms with Gasteiger partial charge in [0, 0.05) is 12.4 Å². The third-order valence-corrected chi connectivity index (χ3v) is 2.27. The molecule has 2 rings (SSSR count). The Morgan fingerprint density at radius 2 is 2.22 bits per heavy atom. The Balaban J connectivity index is 2.24. The minimum absolute atomic E-state index is 0.111. The van der Waals surface area contributed by atoms with Crippen molar-refractivity contribution in [3.8, 4) is 11.5 Å². The lowest BCUT2D eigenvalue weighted by molar-refractivity contribution is 0.102. The zero-order valence-electron chi connectivity index (χ0n) is 9.62. The highest BCUT2D eigenvalue weighted by atomic mass is 16.5. The average Bonchev–Trinajstić information content (AvgIpc) is 2.40. The van der Waals surface area contributed by atoms with Crippen LogP contribution < -0.4 is 10.1 Å². The molecule has 0 atom stereocenters. The van der Waals surface area contributed by atoms with E-state index in [2.05, 4.69) is 15.3 Å². The third-order valence-electron chi connectivity index (χ3n) is 2.27. The quantitative estimate of drug-likeness (QED) is 0.854. The number of nitrogens with zero attached hydrogens (tertiary/aromatic N) is 2. The second kappa shape index (κ2) is 5.13. The zero-order valence-corrected chi connectivity index (χ0v) is 9.62. The molecule has 0 saturated carbocycles. The normalized spacial score (nSPS) is 9.83. The molecular weight excluding hydrogens is 234 g/mol. The van der Waals surface area contributed by atoms with Crippen LogP contribution in [0.25, 0.3) is 0 Å². The number of ether oxygens (including phenoxy) is 1. The number of carbonyl (C=O) groups excluding carboxylic acids is 1. The van der Waals surface area contributed by atoms with Gasteiger partial charge in [-0.3, -0.25) is 9.78 Å². The summed E-state index contributed by atoms with van der Waals surface area (Å²) < 4.78 is 4.93. The number of carbonyl (C=O) groups is 1. The molecule has 0 aliphatic heterocycles. The SMILES string of the molecule is COc1cccc(C(=O)Nc2cnccn2)c1O. The van der Waals surface area contributed by atoms with E-state index in [1.165, 1.54) is 31.8 Å². The molecule has 1 amide bonds. The first kappa shape index (κ1) is 11.8. The molecule has 2 aromatic rings. The molecule has 0 aliphatic rings. The Morgan fingerprint density at radius 3 is 2.89 bits per heavy atom. The number of rotatable bonds is 3. The van der Waals surface area contributed by atoms with Gasteiger partial charge in [-0.1, -0.05) is 6.07 Å². The predicted molar refractivity (Wildman–Crippen MR) is 64.6 cm³/mol. The summed E-state index contributed by atoms with van der Waals surface area (Å²) in [5, 5.41) is 12.3. The number of aromatic nitrogens is 2. The maximum atomic E-state index is 11.9. The van der Waals surface area contributed by atoms with E-state index in [9.17, 15) is 9.90 Å². The lowest BCUT2D eigenvalue weighted by Crippen LogP contribution is -2.13. The van der Waals surface area contributed by atoms with Crippen LogP contribution >= 0.6 is 0 Å². The molecule has 0 fully saturated rings. The van der Waals surface area contributed by atoms with Crippen molar-refractivity contribution in [2.45, 2.75) is 0 Å². The Labute approximate surface area is 103 Å². The summed E-state index contributed by atoms with van der Waals surface area (Å²) in [6.45, 7) is 0. The number of hydrogen-bond acceptors (Lipinski definition) is 5. The van der Waals surface area contributed by atoms with Crippen LogP contribution in [0.5, 0.6) is 11.5 Å². The van der Waals surface area contributed by atoms with Gasteiger partial charge in [-0.2, -0.15) is 0 Å². The minimum Gasteiger partial charge on any atom is -0.504 e. The van der Waals surface area contributed by atoms with E-state index in [0.29, 0.717) is 5.82 Å². The first-order valence-corrected chi connectivity index (χ1v) is 5.15. The van der Waals surface area contributed by atoms with Crippen LogP contribution in [0.1, 0.15) is 10.4 Å². The van der Waals surface area contributed by atoms with Gasteiger partial charge in [-0.05, 0) is 12.1 Å². The van der Waals surface area contributed by atoms with Gasteiger partial charge in [0.05, 0.1) is 18.9 Å². The van der Waals surface area contributed by atoms with Crippen molar-refractivity contribution in [3.05, 3.63) is 42.4 Å². The molecule has 2 N–H and O–H groups in total. The van der Waals surface area contributed by atoms with Crippen molar-refractivity contribution in [2.24, 2.45) is 0 Å². The van der Waals surface area contributed by atoms with Gasteiger partial charge in [0.25, 0.3) is 5.91 Å². The lowest BCUT2D eigenvalue weighted by atomic mass is 10.1. The fourth-order valence-electron chi connectivity index (χ4n) is 1.42. The van der Waals surface area contributed by atoms with E-state index >= 15 is 0 Å². The van der Waals surface area contributed by atoms with Gasteiger partial charge in [-0.25, -0.2) is 4.98 Å². The maximum absolute atomic E-state index is 11.9. The van der Waals surface area contributed by atoms with E-state index in [1.807, 2.05) is 0 Å². The Hall–Kier alpha value is -2.63. The molecule has 0 bridgehead atoms. The van der Waals surface area contributed by atoms with E-state index in [4.69, 9.17) is 4.74 Å². The molecule has 1 aromatic carbocycles. The van der Waals surface area contributed by atoms with Crippen molar-refractivity contribution in [3.63, 3.8) is 0 Å². The Morgan fingerprint density at radius 1 is 1.39 bits per heavy atom. The summed E-state index contributed by atoms with van der Waals surface area (Å²) >= 11 is 0. The van der Waals surface area contributed by atoms with Gasteiger partial charge in [0.1, 0.15) is 0 Å². The summed E-state index contributed by atoms with van der Waals surface area (Å²) in [6, 6.07) is 4.67. The smallest absolute Gasteiger partial charge is 0.260 e. The van der Waals surface area contributed by atoms with Crippen molar-refractivity contribution in [1.29, 1.82) is 0 Å². The Kier molecular flexibility index (Phi) is 3.38. The monoisotopic (exact) mass is 245 g/mol. The van der Waals surface area contributed by atoms with Crippen molar-refractivity contribution in [2.75, 3.05) is 12.4 Å². The highest BCUT2D eigenvalue weighted by Gasteiger charge is 2.15. The molecule has 0 spiro atoms. The third kappa shape index (κ3) is 2.37. The van der Waals surface area contributed by atoms with E-state index in [1.54, 1.807) is 12.1 Å². The summed E-state index contributed by atoms with van der Waals surface area (Å²) in [5.41, 5.74) is 0.111. The van der Waals surface area contributed by atoms with Crippen LogP contribution in [-0.4, -0.2) is 28.1 Å². The van der Waals surface area contributed by atoms with Crippen LogP contribution in [0.2, 0.25) is 0 Å². The van der Waals surface area contributed by atoms with E-state index in [0.717, 1.165) is 0 Å². The fourth-order valence-corrected chi connectivity index (χ4v) is 1.42. The highest BCUT2D eigenvalue weighted by molar-refractivity contribution is 6.06. The van der Waals surface area contributed by atoms with Gasteiger partial charge in [0.2, 0.25) is 0 Å². The number of aromatic hydroxyl groups is 1. The van der Waals surface area contributed by atoms with E-state index < -0.39 is 5.91 Å². The molecule has 6 heteroatoms. The average molecular weight is 245 g/mol. The number of phenolic OH excluding ortho intramolecular Hbond substituents is 1. The largest absolute Gasteiger partial charge is 0.504 e. The van der Waals surface area contributed by atoms with Crippen LogP contribution in [0.4, 0.5) is 5.82 Å². The molecule has 1 heterocycles. The zero-order chi connectivity index (χ0) is 13.0. The van der Waals surface area contributed by atoms with Crippen LogP contribution in [0, 0.1) is 0 Å². The summed E-state index contributed by atoms with van der Waals surface area (Å²) in [5.74, 6) is -0.139. The van der Waals surface area contributed by atoms with Crippen molar-refractivity contribution < 1.29 is 14.6 Å². The van der Waals surface area contributed by atoms with Crippen molar-refractivity contribution in [1.82, 2.24) is 9.97 Å². The minimum atomic E-state index is -0.480. The second-order valence-corrected chi connectivity index (χ2v) is 3.40. The number of hydrogen-bond donors (Lipinski definition) is 2. The summed E-state index contributed by atoms with van der Waals surface area (Å²) in [6.07, 6.45) is 4.37. The molecule has 0 radical (unpaired) electrons.